The Labute approximate surface area is 101 Å². The van der Waals surface area contributed by atoms with Gasteiger partial charge in [0.15, 0.2) is 9.84 Å². The van der Waals surface area contributed by atoms with E-state index in [2.05, 4.69) is 0 Å². The van der Waals surface area contributed by atoms with Gasteiger partial charge in [-0.3, -0.25) is 0 Å². The van der Waals surface area contributed by atoms with Gasteiger partial charge in [0, 0.05) is 6.07 Å². The average Bonchev–Trinajstić information content (AvgIpc) is 2.27. The molecule has 1 aromatic carbocycles. The molecule has 0 heterocycles. The number of aliphatic hydroxyl groups excluding tert-OH is 1. The van der Waals surface area contributed by atoms with Gasteiger partial charge in [-0.15, -0.1) is 0 Å². The number of hydrogen-bond acceptors (Lipinski definition) is 5. The molecule has 0 spiro atoms. The second-order valence-corrected chi connectivity index (χ2v) is 5.56. The molecule has 0 fully saturated rings. The first-order valence-corrected chi connectivity index (χ1v) is 6.67. The fraction of sp³-hybridized carbons (Fsp3) is 0.455. The van der Waals surface area contributed by atoms with Crippen LogP contribution in [0.15, 0.2) is 17.0 Å². The summed E-state index contributed by atoms with van der Waals surface area (Å²) in [5.74, 6) is 0.439. The molecule has 1 rings (SSSR count). The van der Waals surface area contributed by atoms with Crippen molar-refractivity contribution in [1.82, 2.24) is 0 Å². The fourth-order valence-electron chi connectivity index (χ4n) is 1.60. The molecule has 0 saturated heterocycles. The normalized spacial score (nSPS) is 11.3. The summed E-state index contributed by atoms with van der Waals surface area (Å²) < 4.78 is 34.0. The third kappa shape index (κ3) is 2.89. The first-order chi connectivity index (χ1) is 7.96. The van der Waals surface area contributed by atoms with Gasteiger partial charge in [-0.05, 0) is 18.6 Å². The molecule has 0 unspecified atom stereocenters. The molecular formula is C11H16O5S. The highest BCUT2D eigenvalue weighted by Gasteiger charge is 2.22. The lowest BCUT2D eigenvalue weighted by molar-refractivity contribution is 0.319. The van der Waals surface area contributed by atoms with Gasteiger partial charge >= 0.3 is 0 Å². The molecule has 1 N–H and O–H groups in total. The van der Waals surface area contributed by atoms with Crippen molar-refractivity contribution in [3.05, 3.63) is 17.7 Å². The minimum Gasteiger partial charge on any atom is -0.497 e. The van der Waals surface area contributed by atoms with Crippen molar-refractivity contribution in [3.8, 4) is 11.5 Å². The molecule has 0 radical (unpaired) electrons. The molecule has 0 aliphatic rings. The molecule has 0 aliphatic heterocycles. The Morgan fingerprint density at radius 2 is 1.88 bits per heavy atom. The van der Waals surface area contributed by atoms with Crippen LogP contribution in [0.5, 0.6) is 11.5 Å². The van der Waals surface area contributed by atoms with Crippen molar-refractivity contribution in [2.24, 2.45) is 0 Å². The number of ether oxygens (including phenoxy) is 2. The Balaban J connectivity index is 3.42. The molecular weight excluding hydrogens is 244 g/mol. The summed E-state index contributed by atoms with van der Waals surface area (Å²) in [4.78, 5) is 0.106. The van der Waals surface area contributed by atoms with Crippen LogP contribution in [0.1, 0.15) is 5.56 Å². The Hall–Kier alpha value is -1.27. The number of aliphatic hydroxyl groups is 1. The molecule has 0 atom stereocenters. The van der Waals surface area contributed by atoms with Crippen LogP contribution in [0.2, 0.25) is 0 Å². The van der Waals surface area contributed by atoms with Gasteiger partial charge in [-0.2, -0.15) is 0 Å². The van der Waals surface area contributed by atoms with Crippen LogP contribution >= 0.6 is 0 Å². The molecule has 0 saturated carbocycles. The van der Waals surface area contributed by atoms with Gasteiger partial charge in [-0.25, -0.2) is 8.42 Å². The van der Waals surface area contributed by atoms with Crippen molar-refractivity contribution in [2.75, 3.05) is 26.6 Å². The Kier molecular flexibility index (Phi) is 4.36. The van der Waals surface area contributed by atoms with E-state index in [0.717, 1.165) is 0 Å². The highest BCUT2D eigenvalue weighted by atomic mass is 32.2. The maximum Gasteiger partial charge on any atom is 0.184 e. The van der Waals surface area contributed by atoms with E-state index in [1.54, 1.807) is 13.0 Å². The highest BCUT2D eigenvalue weighted by Crippen LogP contribution is 2.32. The van der Waals surface area contributed by atoms with E-state index in [-0.39, 0.29) is 16.4 Å². The Morgan fingerprint density at radius 1 is 1.24 bits per heavy atom. The first kappa shape index (κ1) is 13.8. The van der Waals surface area contributed by atoms with Crippen LogP contribution < -0.4 is 9.47 Å². The molecule has 0 amide bonds. The minimum atomic E-state index is -3.54. The Bertz CT molecular complexity index is 493. The van der Waals surface area contributed by atoms with Crippen LogP contribution in [-0.2, 0) is 9.84 Å². The van der Waals surface area contributed by atoms with E-state index < -0.39 is 16.4 Å². The van der Waals surface area contributed by atoms with E-state index in [0.29, 0.717) is 11.3 Å². The smallest absolute Gasteiger partial charge is 0.184 e. The van der Waals surface area contributed by atoms with Crippen LogP contribution in [0.25, 0.3) is 0 Å². The van der Waals surface area contributed by atoms with Crippen LogP contribution in [0.3, 0.4) is 0 Å². The van der Waals surface area contributed by atoms with Gasteiger partial charge in [-0.1, -0.05) is 0 Å². The average molecular weight is 260 g/mol. The maximum atomic E-state index is 12.0. The number of hydrogen-bond donors (Lipinski definition) is 1. The fourth-order valence-corrected chi connectivity index (χ4v) is 3.04. The van der Waals surface area contributed by atoms with E-state index in [1.807, 2.05) is 0 Å². The summed E-state index contributed by atoms with van der Waals surface area (Å²) in [6, 6.07) is 3.13. The molecule has 6 heteroatoms. The summed E-state index contributed by atoms with van der Waals surface area (Å²) in [7, 11) is -0.648. The quantitative estimate of drug-likeness (QED) is 0.847. The molecule has 1 aromatic rings. The lowest BCUT2D eigenvalue weighted by atomic mass is 10.2. The highest BCUT2D eigenvalue weighted by molar-refractivity contribution is 7.91. The topological polar surface area (TPSA) is 72.8 Å². The van der Waals surface area contributed by atoms with Crippen molar-refractivity contribution in [1.29, 1.82) is 0 Å². The Morgan fingerprint density at radius 3 is 2.35 bits per heavy atom. The third-order valence-electron chi connectivity index (χ3n) is 2.34. The predicted octanol–water partition coefficient (Wildman–Crippen LogP) is 0.778. The summed E-state index contributed by atoms with van der Waals surface area (Å²) in [5.41, 5.74) is 0.537. The SMILES string of the molecule is COc1cc(C)c(S(=O)(=O)CCO)c(OC)c1. The van der Waals surface area contributed by atoms with E-state index in [4.69, 9.17) is 14.6 Å². The molecule has 0 aromatic heterocycles. The van der Waals surface area contributed by atoms with Gasteiger partial charge < -0.3 is 14.6 Å². The van der Waals surface area contributed by atoms with Crippen LogP contribution in [0, 0.1) is 6.92 Å². The summed E-state index contributed by atoms with van der Waals surface area (Å²) in [5, 5.41) is 8.77. The standard InChI is InChI=1S/C11H16O5S/c1-8-6-9(15-2)7-10(16-3)11(8)17(13,14)5-4-12/h6-7,12H,4-5H2,1-3H3. The molecule has 0 bridgehead atoms. The lowest BCUT2D eigenvalue weighted by Gasteiger charge is -2.13. The molecule has 17 heavy (non-hydrogen) atoms. The third-order valence-corrected chi connectivity index (χ3v) is 4.21. The van der Waals surface area contributed by atoms with E-state index in [1.165, 1.54) is 20.3 Å². The van der Waals surface area contributed by atoms with Gasteiger partial charge in [0.1, 0.15) is 16.4 Å². The van der Waals surface area contributed by atoms with E-state index >= 15 is 0 Å². The van der Waals surface area contributed by atoms with Crippen molar-refractivity contribution >= 4 is 9.84 Å². The number of sulfone groups is 1. The summed E-state index contributed by atoms with van der Waals surface area (Å²) in [6.45, 7) is 1.24. The number of methoxy groups -OCH3 is 2. The maximum absolute atomic E-state index is 12.0. The zero-order valence-electron chi connectivity index (χ0n) is 10.1. The zero-order valence-corrected chi connectivity index (χ0v) is 10.9. The second kappa shape index (κ2) is 5.37. The number of aryl methyl sites for hydroxylation is 1. The van der Waals surface area contributed by atoms with Gasteiger partial charge in [0.25, 0.3) is 0 Å². The number of benzene rings is 1. The minimum absolute atomic E-state index is 0.106. The molecule has 5 nitrogen and oxygen atoms in total. The lowest BCUT2D eigenvalue weighted by Crippen LogP contribution is -2.13. The van der Waals surface area contributed by atoms with Crippen LogP contribution in [0.4, 0.5) is 0 Å². The molecule has 96 valence electrons. The zero-order chi connectivity index (χ0) is 13.1. The number of rotatable bonds is 5. The van der Waals surface area contributed by atoms with Gasteiger partial charge in [0.2, 0.25) is 0 Å². The van der Waals surface area contributed by atoms with Crippen molar-refractivity contribution in [2.45, 2.75) is 11.8 Å². The monoisotopic (exact) mass is 260 g/mol. The van der Waals surface area contributed by atoms with Crippen molar-refractivity contribution < 1.29 is 23.0 Å². The van der Waals surface area contributed by atoms with Gasteiger partial charge in [0.05, 0.1) is 26.6 Å². The van der Waals surface area contributed by atoms with Crippen molar-refractivity contribution in [3.63, 3.8) is 0 Å². The largest absolute Gasteiger partial charge is 0.497 e. The van der Waals surface area contributed by atoms with E-state index in [9.17, 15) is 8.42 Å². The summed E-state index contributed by atoms with van der Waals surface area (Å²) in [6.07, 6.45) is 0. The predicted molar refractivity (Wildman–Crippen MR) is 63.4 cm³/mol. The molecule has 0 aliphatic carbocycles. The second-order valence-electron chi connectivity index (χ2n) is 3.52. The first-order valence-electron chi connectivity index (χ1n) is 5.02. The summed E-state index contributed by atoms with van der Waals surface area (Å²) >= 11 is 0. The van der Waals surface area contributed by atoms with Crippen LogP contribution in [-0.4, -0.2) is 40.1 Å².